The number of halogens is 1. The highest BCUT2D eigenvalue weighted by Crippen LogP contribution is 2.33. The minimum absolute atomic E-state index is 0.143. The van der Waals surface area contributed by atoms with Crippen LogP contribution in [-0.2, 0) is 4.74 Å². The highest BCUT2D eigenvalue weighted by atomic mass is 79.9. The van der Waals surface area contributed by atoms with Gasteiger partial charge in [-0.1, -0.05) is 13.8 Å². The van der Waals surface area contributed by atoms with Crippen molar-refractivity contribution in [2.45, 2.75) is 45.3 Å². The van der Waals surface area contributed by atoms with Crippen LogP contribution in [0.5, 0.6) is 0 Å². The third kappa shape index (κ3) is 4.53. The molecule has 2 N–H and O–H groups in total. The monoisotopic (exact) mass is 348 g/mol. The maximum atomic E-state index is 6.38. The summed E-state index contributed by atoms with van der Waals surface area (Å²) in [5.74, 6) is 0. The van der Waals surface area contributed by atoms with Crippen LogP contribution in [-0.4, -0.2) is 37.2 Å². The summed E-state index contributed by atoms with van der Waals surface area (Å²) in [5.41, 5.74) is 6.38. The van der Waals surface area contributed by atoms with E-state index >= 15 is 0 Å². The van der Waals surface area contributed by atoms with Crippen LogP contribution in [0.25, 0.3) is 0 Å². The Hall–Kier alpha value is 0.0600. The summed E-state index contributed by atoms with van der Waals surface area (Å²) in [6.45, 7) is 8.23. The van der Waals surface area contributed by atoms with Crippen molar-refractivity contribution in [2.75, 3.05) is 20.3 Å². The Morgan fingerprint density at radius 1 is 1.47 bits per heavy atom. The number of nitrogens with zero attached hydrogens (tertiary/aromatic N) is 1. The summed E-state index contributed by atoms with van der Waals surface area (Å²) in [6.07, 6.45) is 0.969. The van der Waals surface area contributed by atoms with E-state index < -0.39 is 0 Å². The fourth-order valence-electron chi connectivity index (χ4n) is 2.45. The Bertz CT molecular complexity index is 372. The molecule has 0 bridgehead atoms. The van der Waals surface area contributed by atoms with Crippen molar-refractivity contribution in [3.63, 3.8) is 0 Å². The maximum absolute atomic E-state index is 6.38. The van der Waals surface area contributed by atoms with Crippen LogP contribution in [0, 0.1) is 0 Å². The number of likely N-dealkylation sites (N-methyl/N-ethyl adjacent to an activating group) is 1. The highest BCUT2D eigenvalue weighted by Gasteiger charge is 2.29. The van der Waals surface area contributed by atoms with Gasteiger partial charge in [0.2, 0.25) is 0 Å². The molecule has 110 valence electrons. The summed E-state index contributed by atoms with van der Waals surface area (Å²) in [6, 6.07) is 2.95. The molecule has 1 aromatic heterocycles. The zero-order valence-corrected chi connectivity index (χ0v) is 14.6. The molecule has 0 aliphatic heterocycles. The number of hydrogen-bond donors (Lipinski definition) is 1. The Morgan fingerprint density at radius 3 is 2.58 bits per heavy atom. The Kier molecular flexibility index (Phi) is 7.54. The molecule has 0 amide bonds. The summed E-state index contributed by atoms with van der Waals surface area (Å²) >= 11 is 5.31. The van der Waals surface area contributed by atoms with Gasteiger partial charge < -0.3 is 10.5 Å². The molecule has 19 heavy (non-hydrogen) atoms. The van der Waals surface area contributed by atoms with E-state index in [0.29, 0.717) is 6.04 Å². The first-order valence-corrected chi connectivity index (χ1v) is 8.46. The van der Waals surface area contributed by atoms with Crippen LogP contribution in [0.4, 0.5) is 0 Å². The first-order chi connectivity index (χ1) is 9.04. The van der Waals surface area contributed by atoms with Gasteiger partial charge in [0.05, 0.1) is 12.6 Å². The van der Waals surface area contributed by atoms with Gasteiger partial charge in [0, 0.05) is 33.9 Å². The average molecular weight is 349 g/mol. The van der Waals surface area contributed by atoms with E-state index in [2.05, 4.69) is 53.0 Å². The lowest BCUT2D eigenvalue weighted by Gasteiger charge is -2.38. The fourth-order valence-corrected chi connectivity index (χ4v) is 4.09. The summed E-state index contributed by atoms with van der Waals surface area (Å²) < 4.78 is 6.44. The normalized spacial score (nSPS) is 16.6. The van der Waals surface area contributed by atoms with Gasteiger partial charge in [0.1, 0.15) is 0 Å². The fraction of sp³-hybridized carbons (Fsp3) is 0.714. The third-order valence-electron chi connectivity index (χ3n) is 3.45. The Balaban J connectivity index is 3.00. The lowest BCUT2D eigenvalue weighted by molar-refractivity contribution is 0.0641. The highest BCUT2D eigenvalue weighted by molar-refractivity contribution is 9.10. The van der Waals surface area contributed by atoms with Gasteiger partial charge in [0.15, 0.2) is 0 Å². The number of ether oxygens (including phenoxy) is 1. The Morgan fingerprint density at radius 2 is 2.16 bits per heavy atom. The molecule has 0 saturated heterocycles. The number of rotatable bonds is 8. The predicted molar refractivity (Wildman–Crippen MR) is 86.7 cm³/mol. The molecule has 3 nitrogen and oxygen atoms in total. The molecule has 1 aromatic rings. The van der Waals surface area contributed by atoms with Gasteiger partial charge in [-0.2, -0.15) is 0 Å². The first kappa shape index (κ1) is 17.1. The van der Waals surface area contributed by atoms with Crippen LogP contribution in [0.15, 0.2) is 15.9 Å². The zero-order chi connectivity index (χ0) is 14.4. The molecule has 0 aromatic carbocycles. The quantitative estimate of drug-likeness (QED) is 0.779. The van der Waals surface area contributed by atoms with E-state index in [-0.39, 0.29) is 12.1 Å². The lowest BCUT2D eigenvalue weighted by atomic mass is 10.0. The second-order valence-corrected chi connectivity index (χ2v) is 6.68. The molecular formula is C14H25BrN2OS. The van der Waals surface area contributed by atoms with Crippen molar-refractivity contribution in [1.29, 1.82) is 0 Å². The number of hydrogen-bond acceptors (Lipinski definition) is 4. The van der Waals surface area contributed by atoms with E-state index in [1.165, 1.54) is 4.88 Å². The Labute approximate surface area is 129 Å². The molecule has 0 aliphatic carbocycles. The molecule has 1 rings (SSSR count). The van der Waals surface area contributed by atoms with Gasteiger partial charge in [-0.05, 0) is 41.9 Å². The average Bonchev–Trinajstić information content (AvgIpc) is 2.81. The smallest absolute Gasteiger partial charge is 0.0615 e. The van der Waals surface area contributed by atoms with Crippen molar-refractivity contribution in [1.82, 2.24) is 4.90 Å². The van der Waals surface area contributed by atoms with E-state index in [1.807, 2.05) is 0 Å². The maximum Gasteiger partial charge on any atom is 0.0615 e. The number of methoxy groups -OCH3 is 1. The van der Waals surface area contributed by atoms with Gasteiger partial charge in [-0.3, -0.25) is 4.90 Å². The van der Waals surface area contributed by atoms with Crippen molar-refractivity contribution in [2.24, 2.45) is 5.73 Å². The van der Waals surface area contributed by atoms with Crippen LogP contribution >= 0.6 is 27.3 Å². The van der Waals surface area contributed by atoms with E-state index in [9.17, 15) is 0 Å². The molecule has 0 saturated carbocycles. The minimum atomic E-state index is 0.143. The molecule has 0 aliphatic rings. The molecule has 0 spiro atoms. The molecule has 5 heteroatoms. The second-order valence-electron chi connectivity index (χ2n) is 4.82. The third-order valence-corrected chi connectivity index (χ3v) is 5.22. The van der Waals surface area contributed by atoms with Crippen molar-refractivity contribution in [3.05, 3.63) is 20.8 Å². The first-order valence-electron chi connectivity index (χ1n) is 6.79. The largest absolute Gasteiger partial charge is 0.383 e. The molecule has 0 fully saturated rings. The van der Waals surface area contributed by atoms with Gasteiger partial charge in [-0.25, -0.2) is 0 Å². The van der Waals surface area contributed by atoms with Crippen molar-refractivity contribution in [3.8, 4) is 0 Å². The van der Waals surface area contributed by atoms with Crippen molar-refractivity contribution < 1.29 is 4.74 Å². The van der Waals surface area contributed by atoms with E-state index in [0.717, 1.165) is 24.0 Å². The summed E-state index contributed by atoms with van der Waals surface area (Å²) in [5, 5.41) is 2.12. The molecule has 1 heterocycles. The van der Waals surface area contributed by atoms with Gasteiger partial charge >= 0.3 is 0 Å². The number of thiophene rings is 1. The van der Waals surface area contributed by atoms with E-state index in [1.54, 1.807) is 18.4 Å². The van der Waals surface area contributed by atoms with Crippen LogP contribution in [0.1, 0.15) is 38.1 Å². The molecule has 0 radical (unpaired) electrons. The topological polar surface area (TPSA) is 38.5 Å². The minimum Gasteiger partial charge on any atom is -0.383 e. The summed E-state index contributed by atoms with van der Waals surface area (Å²) in [7, 11) is 1.75. The molecule has 3 unspecified atom stereocenters. The summed E-state index contributed by atoms with van der Waals surface area (Å²) in [4.78, 5) is 3.77. The lowest BCUT2D eigenvalue weighted by Crippen LogP contribution is -2.46. The van der Waals surface area contributed by atoms with Gasteiger partial charge in [-0.15, -0.1) is 11.3 Å². The van der Waals surface area contributed by atoms with Gasteiger partial charge in [0.25, 0.3) is 0 Å². The second kappa shape index (κ2) is 8.37. The van der Waals surface area contributed by atoms with Crippen molar-refractivity contribution >= 4 is 27.3 Å². The van der Waals surface area contributed by atoms with Crippen LogP contribution < -0.4 is 5.73 Å². The number of nitrogens with two attached hydrogens (primary N) is 1. The standard InChI is InChI=1S/C14H25BrN2OS/c1-5-12(16)14(13-7-11(15)9-19-13)17(6-2)10(3)8-18-4/h7,9-10,12,14H,5-6,8,16H2,1-4H3. The molecular weight excluding hydrogens is 324 g/mol. The SMILES string of the molecule is CCC(N)C(c1cc(Br)cs1)N(CC)C(C)COC. The predicted octanol–water partition coefficient (Wildman–Crippen LogP) is 3.65. The van der Waals surface area contributed by atoms with Crippen LogP contribution in [0.3, 0.4) is 0 Å². The zero-order valence-electron chi connectivity index (χ0n) is 12.2. The molecule has 3 atom stereocenters. The van der Waals surface area contributed by atoms with Crippen LogP contribution in [0.2, 0.25) is 0 Å². The van der Waals surface area contributed by atoms with E-state index in [4.69, 9.17) is 10.5 Å².